The van der Waals surface area contributed by atoms with Gasteiger partial charge in [0.05, 0.1) is 5.70 Å². The molecular formula is C18H20N2O2. The number of nitrogens with one attached hydrogen (secondary N) is 1. The van der Waals surface area contributed by atoms with Crippen LogP contribution < -0.4 is 5.48 Å². The third-order valence-electron chi connectivity index (χ3n) is 4.63. The molecule has 1 aromatic carbocycles. The molecule has 0 atom stereocenters. The van der Waals surface area contributed by atoms with Crippen LogP contribution in [0.5, 0.6) is 0 Å². The summed E-state index contributed by atoms with van der Waals surface area (Å²) in [5, 5.41) is 9.12. The van der Waals surface area contributed by atoms with Crippen molar-refractivity contribution >= 4 is 12.0 Å². The Labute approximate surface area is 130 Å². The van der Waals surface area contributed by atoms with E-state index in [1.807, 2.05) is 17.1 Å². The van der Waals surface area contributed by atoms with E-state index in [4.69, 9.17) is 5.21 Å². The van der Waals surface area contributed by atoms with Gasteiger partial charge in [0.25, 0.3) is 0 Å². The van der Waals surface area contributed by atoms with Crippen LogP contribution in [0, 0.1) is 5.92 Å². The second-order valence-electron chi connectivity index (χ2n) is 6.46. The van der Waals surface area contributed by atoms with Gasteiger partial charge in [-0.25, -0.2) is 0 Å². The quantitative estimate of drug-likeness (QED) is 0.840. The highest BCUT2D eigenvalue weighted by Crippen LogP contribution is 2.35. The molecule has 0 saturated heterocycles. The fraction of sp³-hybridized carbons (Fsp3) is 0.389. The monoisotopic (exact) mass is 296 g/mol. The van der Waals surface area contributed by atoms with Gasteiger partial charge in [-0.05, 0) is 60.1 Å². The van der Waals surface area contributed by atoms with E-state index in [9.17, 15) is 4.79 Å². The highest BCUT2D eigenvalue weighted by atomic mass is 16.5. The Morgan fingerprint density at radius 1 is 1.23 bits per heavy atom. The van der Waals surface area contributed by atoms with E-state index in [0.717, 1.165) is 50.0 Å². The van der Waals surface area contributed by atoms with Crippen molar-refractivity contribution in [2.45, 2.75) is 38.8 Å². The number of hydrogen-bond acceptors (Lipinski definition) is 3. The van der Waals surface area contributed by atoms with E-state index in [0.29, 0.717) is 5.91 Å². The largest absolute Gasteiger partial charge is 0.334 e. The SMILES string of the molecule is O=C(C1CC1)N1Cc2ccc(/C=C/C(NO)=C3CC3)cc2C1. The third kappa shape index (κ3) is 2.66. The minimum atomic E-state index is 0.289. The van der Waals surface area contributed by atoms with E-state index >= 15 is 0 Å². The predicted molar refractivity (Wildman–Crippen MR) is 83.6 cm³/mol. The topological polar surface area (TPSA) is 52.6 Å². The number of carbonyl (C=O) groups excluding carboxylic acids is 1. The molecule has 0 radical (unpaired) electrons. The Balaban J connectivity index is 1.49. The van der Waals surface area contributed by atoms with Gasteiger partial charge in [-0.3, -0.25) is 15.5 Å². The second kappa shape index (κ2) is 5.29. The van der Waals surface area contributed by atoms with Crippen LogP contribution in [0.2, 0.25) is 0 Å². The highest BCUT2D eigenvalue weighted by molar-refractivity contribution is 5.81. The van der Waals surface area contributed by atoms with Gasteiger partial charge >= 0.3 is 0 Å². The zero-order valence-electron chi connectivity index (χ0n) is 12.5. The summed E-state index contributed by atoms with van der Waals surface area (Å²) in [5.74, 6) is 0.607. The number of benzene rings is 1. The summed E-state index contributed by atoms with van der Waals surface area (Å²) >= 11 is 0. The number of amides is 1. The van der Waals surface area contributed by atoms with Crippen molar-refractivity contribution in [3.63, 3.8) is 0 Å². The molecule has 22 heavy (non-hydrogen) atoms. The predicted octanol–water partition coefficient (Wildman–Crippen LogP) is 2.98. The maximum atomic E-state index is 12.2. The van der Waals surface area contributed by atoms with Crippen molar-refractivity contribution in [1.82, 2.24) is 10.4 Å². The lowest BCUT2D eigenvalue weighted by atomic mass is 10.1. The first-order chi connectivity index (χ1) is 10.7. The van der Waals surface area contributed by atoms with Crippen molar-refractivity contribution in [2.24, 2.45) is 5.92 Å². The summed E-state index contributed by atoms with van der Waals surface area (Å²) in [7, 11) is 0. The van der Waals surface area contributed by atoms with Crippen molar-refractivity contribution in [2.75, 3.05) is 0 Å². The number of rotatable bonds is 4. The molecule has 2 fully saturated rings. The van der Waals surface area contributed by atoms with Crippen LogP contribution in [0.3, 0.4) is 0 Å². The summed E-state index contributed by atoms with van der Waals surface area (Å²) in [6, 6.07) is 6.34. The van der Waals surface area contributed by atoms with E-state index in [1.54, 1.807) is 0 Å². The van der Waals surface area contributed by atoms with Gasteiger partial charge in [0.1, 0.15) is 0 Å². The number of allylic oxidation sites excluding steroid dienone is 2. The van der Waals surface area contributed by atoms with Crippen molar-refractivity contribution < 1.29 is 10.0 Å². The third-order valence-corrected chi connectivity index (χ3v) is 4.63. The molecule has 0 bridgehead atoms. The maximum Gasteiger partial charge on any atom is 0.226 e. The van der Waals surface area contributed by atoms with Crippen LogP contribution in [0.1, 0.15) is 42.4 Å². The van der Waals surface area contributed by atoms with Gasteiger partial charge in [0.2, 0.25) is 5.91 Å². The molecule has 4 rings (SSSR count). The fourth-order valence-corrected chi connectivity index (χ4v) is 3.01. The Morgan fingerprint density at radius 3 is 2.68 bits per heavy atom. The van der Waals surface area contributed by atoms with E-state index in [2.05, 4.69) is 23.7 Å². The van der Waals surface area contributed by atoms with Gasteiger partial charge in [0, 0.05) is 19.0 Å². The minimum Gasteiger partial charge on any atom is -0.334 e. The average Bonchev–Trinajstić information content (AvgIpc) is 3.43. The molecule has 1 aliphatic heterocycles. The first-order valence-corrected chi connectivity index (χ1v) is 7.95. The lowest BCUT2D eigenvalue weighted by Gasteiger charge is -2.14. The molecule has 0 aromatic heterocycles. The van der Waals surface area contributed by atoms with Gasteiger partial charge in [-0.2, -0.15) is 0 Å². The molecule has 1 amide bonds. The van der Waals surface area contributed by atoms with Crippen LogP contribution in [0.4, 0.5) is 0 Å². The molecule has 2 saturated carbocycles. The Kier molecular flexibility index (Phi) is 3.26. The van der Waals surface area contributed by atoms with Crippen LogP contribution in [0.25, 0.3) is 6.08 Å². The zero-order valence-corrected chi connectivity index (χ0v) is 12.5. The number of fused-ring (bicyclic) bond motifs is 1. The van der Waals surface area contributed by atoms with Crippen LogP contribution in [-0.2, 0) is 17.9 Å². The first kappa shape index (κ1) is 13.6. The van der Waals surface area contributed by atoms with Gasteiger partial charge in [-0.1, -0.05) is 18.2 Å². The van der Waals surface area contributed by atoms with E-state index in [-0.39, 0.29) is 5.92 Å². The second-order valence-corrected chi connectivity index (χ2v) is 6.46. The molecular weight excluding hydrogens is 276 g/mol. The standard InChI is InChI=1S/C18H20N2O2/c21-18(14-6-7-14)20-10-15-3-1-12(9-16(15)11-20)2-8-17(19-22)13-4-5-13/h1-3,8-9,14,19,22H,4-7,10-11H2/b8-2+. The van der Waals surface area contributed by atoms with Crippen LogP contribution in [0.15, 0.2) is 35.5 Å². The Hall–Kier alpha value is -2.07. The molecule has 0 spiro atoms. The summed E-state index contributed by atoms with van der Waals surface area (Å²) < 4.78 is 0. The van der Waals surface area contributed by atoms with Crippen molar-refractivity contribution in [1.29, 1.82) is 0 Å². The minimum absolute atomic E-state index is 0.289. The number of hydrogen-bond donors (Lipinski definition) is 2. The van der Waals surface area contributed by atoms with E-state index in [1.165, 1.54) is 16.7 Å². The van der Waals surface area contributed by atoms with E-state index < -0.39 is 0 Å². The Bertz CT molecular complexity index is 680. The van der Waals surface area contributed by atoms with Crippen molar-refractivity contribution in [3.05, 3.63) is 52.2 Å². The summed E-state index contributed by atoms with van der Waals surface area (Å²) in [4.78, 5) is 14.1. The van der Waals surface area contributed by atoms with Gasteiger partial charge in [-0.15, -0.1) is 0 Å². The smallest absolute Gasteiger partial charge is 0.226 e. The maximum absolute atomic E-state index is 12.2. The zero-order chi connectivity index (χ0) is 15.1. The molecule has 0 unspecified atom stereocenters. The van der Waals surface area contributed by atoms with Gasteiger partial charge < -0.3 is 4.90 Å². The summed E-state index contributed by atoms with van der Waals surface area (Å²) in [5.41, 5.74) is 7.95. The molecule has 4 nitrogen and oxygen atoms in total. The Morgan fingerprint density at radius 2 is 2.00 bits per heavy atom. The molecule has 2 N–H and O–H groups in total. The molecule has 1 aromatic rings. The molecule has 4 heteroatoms. The summed E-state index contributed by atoms with van der Waals surface area (Å²) in [6.07, 6.45) is 8.18. The molecule has 3 aliphatic rings. The fourth-order valence-electron chi connectivity index (χ4n) is 3.01. The lowest BCUT2D eigenvalue weighted by Crippen LogP contribution is -2.26. The highest BCUT2D eigenvalue weighted by Gasteiger charge is 2.35. The normalized spacial score (nSPS) is 19.5. The first-order valence-electron chi connectivity index (χ1n) is 7.95. The number of hydroxylamine groups is 1. The van der Waals surface area contributed by atoms with Crippen molar-refractivity contribution in [3.8, 4) is 0 Å². The average molecular weight is 296 g/mol. The van der Waals surface area contributed by atoms with Crippen LogP contribution in [-0.4, -0.2) is 16.0 Å². The molecule has 114 valence electrons. The molecule has 1 heterocycles. The molecule has 2 aliphatic carbocycles. The summed E-state index contributed by atoms with van der Waals surface area (Å²) in [6.45, 7) is 1.49. The number of nitrogens with zero attached hydrogens (tertiary/aromatic N) is 1. The number of carbonyl (C=O) groups is 1. The lowest BCUT2D eigenvalue weighted by molar-refractivity contribution is -0.133. The van der Waals surface area contributed by atoms with Crippen LogP contribution >= 0.6 is 0 Å². The van der Waals surface area contributed by atoms with Gasteiger partial charge in [0.15, 0.2) is 0 Å².